The molecule has 0 N–H and O–H groups in total. The quantitative estimate of drug-likeness (QED) is 0.730. The fourth-order valence-corrected chi connectivity index (χ4v) is 3.33. The van der Waals surface area contributed by atoms with Crippen molar-refractivity contribution in [2.75, 3.05) is 27.3 Å². The van der Waals surface area contributed by atoms with Gasteiger partial charge in [-0.1, -0.05) is 30.3 Å². The van der Waals surface area contributed by atoms with Crippen LogP contribution in [0.15, 0.2) is 48.5 Å². The lowest BCUT2D eigenvalue weighted by Gasteiger charge is -2.20. The molecule has 25 heavy (non-hydrogen) atoms. The first-order valence-corrected chi connectivity index (χ1v) is 8.80. The number of methoxy groups -OCH3 is 1. The van der Waals surface area contributed by atoms with Crippen LogP contribution in [0.2, 0.25) is 0 Å². The van der Waals surface area contributed by atoms with Gasteiger partial charge in [0.2, 0.25) is 0 Å². The molecule has 0 radical (unpaired) electrons. The standard InChI is InChI=1S/C21H27NO2.ClH/c1-22-14-6-9-19(22)16-24-21-11-4-3-8-18(21)13-12-17-7-5-10-20(15-17)23-2;/h3-5,7-8,10-11,15,19H,6,9,12-14,16H2,1-2H3;1H/t19-;/m0./s1. The third-order valence-corrected chi connectivity index (χ3v) is 4.89. The van der Waals surface area contributed by atoms with E-state index in [0.29, 0.717) is 6.04 Å². The van der Waals surface area contributed by atoms with Gasteiger partial charge < -0.3 is 14.4 Å². The minimum absolute atomic E-state index is 0. The molecule has 1 aliphatic heterocycles. The van der Waals surface area contributed by atoms with Crippen LogP contribution in [0, 0.1) is 0 Å². The minimum atomic E-state index is 0. The lowest BCUT2D eigenvalue weighted by molar-refractivity contribution is 0.197. The average molecular weight is 362 g/mol. The molecule has 1 fully saturated rings. The first kappa shape index (κ1) is 19.6. The summed E-state index contributed by atoms with van der Waals surface area (Å²) in [4.78, 5) is 2.40. The van der Waals surface area contributed by atoms with Crippen molar-refractivity contribution in [1.29, 1.82) is 0 Å². The summed E-state index contributed by atoms with van der Waals surface area (Å²) in [5.74, 6) is 1.95. The molecule has 0 spiro atoms. The molecule has 1 aliphatic rings. The van der Waals surface area contributed by atoms with Crippen molar-refractivity contribution in [3.63, 3.8) is 0 Å². The Bertz CT molecular complexity index is 662. The molecule has 3 rings (SSSR count). The number of hydrogen-bond donors (Lipinski definition) is 0. The molecule has 4 heteroatoms. The molecule has 3 nitrogen and oxygen atoms in total. The highest BCUT2D eigenvalue weighted by Crippen LogP contribution is 2.23. The van der Waals surface area contributed by atoms with E-state index in [1.807, 2.05) is 12.1 Å². The highest BCUT2D eigenvalue weighted by Gasteiger charge is 2.21. The molecule has 0 unspecified atom stereocenters. The highest BCUT2D eigenvalue weighted by atomic mass is 35.5. The van der Waals surface area contributed by atoms with Gasteiger partial charge in [0.05, 0.1) is 7.11 Å². The second-order valence-electron chi connectivity index (χ2n) is 6.55. The number of benzene rings is 2. The molecular weight excluding hydrogens is 334 g/mol. The lowest BCUT2D eigenvalue weighted by Crippen LogP contribution is -2.30. The zero-order chi connectivity index (χ0) is 16.8. The summed E-state index contributed by atoms with van der Waals surface area (Å²) in [5, 5.41) is 0. The number of halogens is 1. The Labute approximate surface area is 157 Å². The summed E-state index contributed by atoms with van der Waals surface area (Å²) in [6, 6.07) is 17.3. The summed E-state index contributed by atoms with van der Waals surface area (Å²) >= 11 is 0. The van der Waals surface area contributed by atoms with Crippen LogP contribution in [0.3, 0.4) is 0 Å². The van der Waals surface area contributed by atoms with Gasteiger partial charge in [-0.15, -0.1) is 12.4 Å². The molecule has 0 bridgehead atoms. The van der Waals surface area contributed by atoms with Crippen molar-refractivity contribution in [2.45, 2.75) is 31.7 Å². The molecule has 0 saturated carbocycles. The van der Waals surface area contributed by atoms with Crippen molar-refractivity contribution < 1.29 is 9.47 Å². The predicted molar refractivity (Wildman–Crippen MR) is 105 cm³/mol. The zero-order valence-corrected chi connectivity index (χ0v) is 15.9. The van der Waals surface area contributed by atoms with Gasteiger partial charge in [-0.2, -0.15) is 0 Å². The molecular formula is C21H28ClNO2. The lowest BCUT2D eigenvalue weighted by atomic mass is 10.0. The van der Waals surface area contributed by atoms with Gasteiger partial charge in [0.1, 0.15) is 18.1 Å². The smallest absolute Gasteiger partial charge is 0.122 e. The second-order valence-corrected chi connectivity index (χ2v) is 6.55. The van der Waals surface area contributed by atoms with Crippen molar-refractivity contribution >= 4 is 12.4 Å². The van der Waals surface area contributed by atoms with Gasteiger partial charge in [0, 0.05) is 6.04 Å². The molecule has 0 amide bonds. The normalized spacial score (nSPS) is 17.1. The number of aryl methyl sites for hydroxylation is 2. The molecule has 0 aromatic heterocycles. The van der Waals surface area contributed by atoms with Crippen LogP contribution in [0.5, 0.6) is 11.5 Å². The SMILES string of the molecule is COc1cccc(CCc2ccccc2OC[C@@H]2CCCN2C)c1.Cl. The van der Waals surface area contributed by atoms with Crippen LogP contribution in [0.1, 0.15) is 24.0 Å². The number of para-hydroxylation sites is 1. The Kier molecular flexibility index (Phi) is 7.60. The van der Waals surface area contributed by atoms with E-state index in [-0.39, 0.29) is 12.4 Å². The molecule has 0 aliphatic carbocycles. The van der Waals surface area contributed by atoms with Gasteiger partial charge in [0.15, 0.2) is 0 Å². The van der Waals surface area contributed by atoms with Crippen LogP contribution in [0.4, 0.5) is 0 Å². The molecule has 136 valence electrons. The van der Waals surface area contributed by atoms with Crippen molar-refractivity contribution in [3.8, 4) is 11.5 Å². The summed E-state index contributed by atoms with van der Waals surface area (Å²) < 4.78 is 11.5. The summed E-state index contributed by atoms with van der Waals surface area (Å²) in [7, 11) is 3.90. The van der Waals surface area contributed by atoms with Crippen LogP contribution in [-0.4, -0.2) is 38.3 Å². The first-order valence-electron chi connectivity index (χ1n) is 8.80. The van der Waals surface area contributed by atoms with E-state index >= 15 is 0 Å². The summed E-state index contributed by atoms with van der Waals surface area (Å²) in [6.07, 6.45) is 4.48. The van der Waals surface area contributed by atoms with E-state index in [4.69, 9.17) is 9.47 Å². The topological polar surface area (TPSA) is 21.7 Å². The van der Waals surface area contributed by atoms with E-state index in [2.05, 4.69) is 48.3 Å². The summed E-state index contributed by atoms with van der Waals surface area (Å²) in [5.41, 5.74) is 2.57. The van der Waals surface area contributed by atoms with E-state index in [9.17, 15) is 0 Å². The number of rotatable bonds is 7. The summed E-state index contributed by atoms with van der Waals surface area (Å²) in [6.45, 7) is 1.97. The van der Waals surface area contributed by atoms with Crippen LogP contribution >= 0.6 is 12.4 Å². The Balaban J connectivity index is 0.00000225. The Morgan fingerprint density at radius 1 is 1.08 bits per heavy atom. The van der Waals surface area contributed by atoms with Crippen molar-refractivity contribution in [1.82, 2.24) is 4.90 Å². The predicted octanol–water partition coefficient (Wildman–Crippen LogP) is 4.38. The number of nitrogens with zero attached hydrogens (tertiary/aromatic N) is 1. The van der Waals surface area contributed by atoms with Gasteiger partial charge in [-0.3, -0.25) is 0 Å². The minimum Gasteiger partial charge on any atom is -0.497 e. The molecule has 1 heterocycles. The maximum Gasteiger partial charge on any atom is 0.122 e. The third-order valence-electron chi connectivity index (χ3n) is 4.89. The molecule has 2 aromatic rings. The molecule has 1 atom stereocenters. The fraction of sp³-hybridized carbons (Fsp3) is 0.429. The fourth-order valence-electron chi connectivity index (χ4n) is 3.33. The van der Waals surface area contributed by atoms with E-state index in [1.54, 1.807) is 7.11 Å². The van der Waals surface area contributed by atoms with Crippen LogP contribution in [0.25, 0.3) is 0 Å². The van der Waals surface area contributed by atoms with Crippen molar-refractivity contribution in [2.24, 2.45) is 0 Å². The van der Waals surface area contributed by atoms with E-state index in [0.717, 1.165) is 30.9 Å². The zero-order valence-electron chi connectivity index (χ0n) is 15.1. The second kappa shape index (κ2) is 9.69. The van der Waals surface area contributed by atoms with Gasteiger partial charge in [-0.25, -0.2) is 0 Å². The maximum atomic E-state index is 6.16. The number of ether oxygens (including phenoxy) is 2. The number of likely N-dealkylation sites (N-methyl/N-ethyl adjacent to an activating group) is 1. The van der Waals surface area contributed by atoms with Gasteiger partial charge in [-0.05, 0) is 68.6 Å². The van der Waals surface area contributed by atoms with Gasteiger partial charge in [0.25, 0.3) is 0 Å². The monoisotopic (exact) mass is 361 g/mol. The van der Waals surface area contributed by atoms with Crippen LogP contribution in [-0.2, 0) is 12.8 Å². The van der Waals surface area contributed by atoms with Gasteiger partial charge >= 0.3 is 0 Å². The number of likely N-dealkylation sites (tertiary alicyclic amines) is 1. The largest absolute Gasteiger partial charge is 0.497 e. The van der Waals surface area contributed by atoms with E-state index < -0.39 is 0 Å². The number of hydrogen-bond acceptors (Lipinski definition) is 3. The average Bonchev–Trinajstić information content (AvgIpc) is 3.04. The highest BCUT2D eigenvalue weighted by molar-refractivity contribution is 5.85. The van der Waals surface area contributed by atoms with Crippen LogP contribution < -0.4 is 9.47 Å². The Morgan fingerprint density at radius 2 is 1.92 bits per heavy atom. The third kappa shape index (κ3) is 5.38. The first-order chi connectivity index (χ1) is 11.8. The molecule has 2 aromatic carbocycles. The Hall–Kier alpha value is -1.71. The molecule has 1 saturated heterocycles. The van der Waals surface area contributed by atoms with Crippen molar-refractivity contribution in [3.05, 3.63) is 59.7 Å². The Morgan fingerprint density at radius 3 is 2.68 bits per heavy atom. The maximum absolute atomic E-state index is 6.16. The van der Waals surface area contributed by atoms with E-state index in [1.165, 1.54) is 30.5 Å².